The Hall–Kier alpha value is -1.69. The lowest BCUT2D eigenvalue weighted by atomic mass is 10.2. The number of aryl methyl sites for hydroxylation is 1. The molecule has 2 N–H and O–H groups in total. The molecule has 0 saturated heterocycles. The predicted octanol–water partition coefficient (Wildman–Crippen LogP) is 5.15. The van der Waals surface area contributed by atoms with Gasteiger partial charge in [-0.15, -0.1) is 0 Å². The summed E-state index contributed by atoms with van der Waals surface area (Å²) in [7, 11) is 0. The Kier molecular flexibility index (Phi) is 3.94. The molecule has 0 aliphatic carbocycles. The Morgan fingerprint density at radius 3 is 2.40 bits per heavy atom. The molecule has 2 aromatic carbocycles. The summed E-state index contributed by atoms with van der Waals surface area (Å²) < 4.78 is 43.5. The molecule has 2 aromatic rings. The summed E-state index contributed by atoms with van der Waals surface area (Å²) in [6.45, 7) is 1.82. The van der Waals surface area contributed by atoms with Gasteiger partial charge in [-0.1, -0.05) is 12.1 Å². The molecule has 0 amide bonds. The van der Waals surface area contributed by atoms with Crippen LogP contribution in [-0.2, 0) is 6.18 Å². The average Bonchev–Trinajstić information content (AvgIpc) is 2.36. The number of nitrogens with two attached hydrogens (primary N) is 1. The molecule has 0 fully saturated rings. The minimum atomic E-state index is -4.39. The molecule has 0 radical (unpaired) electrons. The van der Waals surface area contributed by atoms with Crippen molar-refractivity contribution in [3.63, 3.8) is 0 Å². The van der Waals surface area contributed by atoms with Crippen LogP contribution in [-0.4, -0.2) is 0 Å². The third-order valence-electron chi connectivity index (χ3n) is 2.76. The number of hydrogen-bond donors (Lipinski definition) is 1. The van der Waals surface area contributed by atoms with E-state index in [0.29, 0.717) is 11.4 Å². The van der Waals surface area contributed by atoms with Gasteiger partial charge in [-0.2, -0.15) is 13.2 Å². The molecule has 2 nitrogen and oxygen atoms in total. The molecule has 0 aliphatic heterocycles. The van der Waals surface area contributed by atoms with Crippen molar-refractivity contribution >= 4 is 21.6 Å². The van der Waals surface area contributed by atoms with Crippen molar-refractivity contribution in [3.8, 4) is 11.5 Å². The topological polar surface area (TPSA) is 35.2 Å². The summed E-state index contributed by atoms with van der Waals surface area (Å²) in [5.74, 6) is 0.681. The number of rotatable bonds is 2. The fourth-order valence-corrected chi connectivity index (χ4v) is 2.08. The van der Waals surface area contributed by atoms with Gasteiger partial charge in [-0.25, -0.2) is 0 Å². The van der Waals surface area contributed by atoms with E-state index in [2.05, 4.69) is 15.9 Å². The van der Waals surface area contributed by atoms with E-state index in [0.717, 1.165) is 17.7 Å². The normalized spacial score (nSPS) is 11.4. The quantitative estimate of drug-likeness (QED) is 0.763. The number of alkyl halides is 3. The smallest absolute Gasteiger partial charge is 0.416 e. The second-order valence-electron chi connectivity index (χ2n) is 4.23. The SMILES string of the molecule is Cc1cccc(Oc2ccc(C(F)(F)F)cc2Br)c1N. The molecular formula is C14H11BrF3NO. The summed E-state index contributed by atoms with van der Waals surface area (Å²) in [4.78, 5) is 0. The highest BCUT2D eigenvalue weighted by Gasteiger charge is 2.31. The summed E-state index contributed by atoms with van der Waals surface area (Å²) in [5, 5.41) is 0. The van der Waals surface area contributed by atoms with Gasteiger partial charge in [0.25, 0.3) is 0 Å². The number of anilines is 1. The maximum Gasteiger partial charge on any atom is 0.416 e. The van der Waals surface area contributed by atoms with Gasteiger partial charge in [0.2, 0.25) is 0 Å². The molecule has 0 atom stereocenters. The van der Waals surface area contributed by atoms with E-state index >= 15 is 0 Å². The van der Waals surface area contributed by atoms with Crippen molar-refractivity contribution in [3.05, 3.63) is 52.0 Å². The highest BCUT2D eigenvalue weighted by atomic mass is 79.9. The molecule has 2 rings (SSSR count). The molecule has 0 spiro atoms. The Morgan fingerprint density at radius 1 is 1.10 bits per heavy atom. The fourth-order valence-electron chi connectivity index (χ4n) is 1.62. The van der Waals surface area contributed by atoms with Gasteiger partial charge in [0.05, 0.1) is 15.7 Å². The highest BCUT2D eigenvalue weighted by molar-refractivity contribution is 9.10. The molecule has 106 valence electrons. The van der Waals surface area contributed by atoms with Crippen LogP contribution >= 0.6 is 15.9 Å². The molecule has 0 heterocycles. The van der Waals surface area contributed by atoms with Crippen molar-refractivity contribution in [1.29, 1.82) is 0 Å². The Bertz CT molecular complexity index is 641. The molecule has 0 aromatic heterocycles. The summed E-state index contributed by atoms with van der Waals surface area (Å²) >= 11 is 3.07. The first kappa shape index (κ1) is 14.7. The van der Waals surface area contributed by atoms with E-state index in [9.17, 15) is 13.2 Å². The van der Waals surface area contributed by atoms with Crippen molar-refractivity contribution < 1.29 is 17.9 Å². The molecule has 0 bridgehead atoms. The first-order valence-corrected chi connectivity index (χ1v) is 6.48. The van der Waals surface area contributed by atoms with Crippen LogP contribution in [0, 0.1) is 6.92 Å². The number of benzene rings is 2. The van der Waals surface area contributed by atoms with E-state index < -0.39 is 11.7 Å². The van der Waals surface area contributed by atoms with Gasteiger partial charge >= 0.3 is 6.18 Å². The lowest BCUT2D eigenvalue weighted by Gasteiger charge is -2.13. The third-order valence-corrected chi connectivity index (χ3v) is 3.38. The highest BCUT2D eigenvalue weighted by Crippen LogP contribution is 2.38. The summed E-state index contributed by atoms with van der Waals surface area (Å²) in [6, 6.07) is 8.44. The van der Waals surface area contributed by atoms with Crippen LogP contribution in [0.4, 0.5) is 18.9 Å². The lowest BCUT2D eigenvalue weighted by molar-refractivity contribution is -0.137. The van der Waals surface area contributed by atoms with Gasteiger partial charge in [0, 0.05) is 0 Å². The summed E-state index contributed by atoms with van der Waals surface area (Å²) in [6.07, 6.45) is -4.39. The fraction of sp³-hybridized carbons (Fsp3) is 0.143. The predicted molar refractivity (Wildman–Crippen MR) is 74.8 cm³/mol. The Morgan fingerprint density at radius 2 is 1.80 bits per heavy atom. The van der Waals surface area contributed by atoms with Crippen molar-refractivity contribution in [2.45, 2.75) is 13.1 Å². The van der Waals surface area contributed by atoms with E-state index in [1.165, 1.54) is 6.07 Å². The maximum atomic E-state index is 12.6. The van der Waals surface area contributed by atoms with E-state index in [4.69, 9.17) is 10.5 Å². The molecule has 0 aliphatic rings. The van der Waals surface area contributed by atoms with Crippen LogP contribution in [0.1, 0.15) is 11.1 Å². The first-order valence-electron chi connectivity index (χ1n) is 5.68. The van der Waals surface area contributed by atoms with E-state index in [1.807, 2.05) is 13.0 Å². The van der Waals surface area contributed by atoms with Gasteiger partial charge in [-0.3, -0.25) is 0 Å². The van der Waals surface area contributed by atoms with Gasteiger partial charge < -0.3 is 10.5 Å². The van der Waals surface area contributed by atoms with Crippen LogP contribution in [0.5, 0.6) is 11.5 Å². The average molecular weight is 346 g/mol. The number of halogens is 4. The standard InChI is InChI=1S/C14H11BrF3NO/c1-8-3-2-4-12(13(8)19)20-11-6-5-9(7-10(11)15)14(16,17)18/h2-7H,19H2,1H3. The van der Waals surface area contributed by atoms with E-state index in [1.54, 1.807) is 12.1 Å². The van der Waals surface area contributed by atoms with Crippen LogP contribution in [0.2, 0.25) is 0 Å². The van der Waals surface area contributed by atoms with Crippen molar-refractivity contribution in [2.24, 2.45) is 0 Å². The van der Waals surface area contributed by atoms with Gasteiger partial charge in [-0.05, 0) is 52.7 Å². The first-order chi connectivity index (χ1) is 9.29. The second kappa shape index (κ2) is 5.36. The van der Waals surface area contributed by atoms with Crippen LogP contribution in [0.3, 0.4) is 0 Å². The zero-order valence-corrected chi connectivity index (χ0v) is 12.0. The van der Waals surface area contributed by atoms with Crippen LogP contribution in [0.25, 0.3) is 0 Å². The minimum Gasteiger partial charge on any atom is -0.454 e. The maximum absolute atomic E-state index is 12.6. The second-order valence-corrected chi connectivity index (χ2v) is 5.09. The van der Waals surface area contributed by atoms with Gasteiger partial charge in [0.15, 0.2) is 5.75 Å². The molecule has 0 unspecified atom stereocenters. The number of hydrogen-bond acceptors (Lipinski definition) is 2. The van der Waals surface area contributed by atoms with Crippen molar-refractivity contribution in [2.75, 3.05) is 5.73 Å². The molecule has 0 saturated carbocycles. The third kappa shape index (κ3) is 3.07. The zero-order valence-electron chi connectivity index (χ0n) is 10.5. The Balaban J connectivity index is 2.33. The van der Waals surface area contributed by atoms with Crippen LogP contribution < -0.4 is 10.5 Å². The Labute approximate surface area is 122 Å². The largest absolute Gasteiger partial charge is 0.454 e. The van der Waals surface area contributed by atoms with Gasteiger partial charge in [0.1, 0.15) is 5.75 Å². The number of ether oxygens (including phenoxy) is 1. The summed E-state index contributed by atoms with van der Waals surface area (Å²) in [5.41, 5.74) is 6.41. The van der Waals surface area contributed by atoms with Crippen LogP contribution in [0.15, 0.2) is 40.9 Å². The number of nitrogen functional groups attached to an aromatic ring is 1. The lowest BCUT2D eigenvalue weighted by Crippen LogP contribution is -2.04. The molecule has 20 heavy (non-hydrogen) atoms. The number of para-hydroxylation sites is 1. The molecular weight excluding hydrogens is 335 g/mol. The molecule has 6 heteroatoms. The minimum absolute atomic E-state index is 0.216. The van der Waals surface area contributed by atoms with Crippen molar-refractivity contribution in [1.82, 2.24) is 0 Å². The zero-order chi connectivity index (χ0) is 14.9. The van der Waals surface area contributed by atoms with E-state index in [-0.39, 0.29) is 10.2 Å². The monoisotopic (exact) mass is 345 g/mol.